The van der Waals surface area contributed by atoms with E-state index in [0.29, 0.717) is 44.8 Å². The van der Waals surface area contributed by atoms with E-state index in [1.54, 1.807) is 4.90 Å². The van der Waals surface area contributed by atoms with Crippen molar-refractivity contribution < 1.29 is 9.53 Å². The Labute approximate surface area is 254 Å². The van der Waals surface area contributed by atoms with Gasteiger partial charge in [0.25, 0.3) is 0 Å². The second-order valence-corrected chi connectivity index (χ2v) is 12.0. The van der Waals surface area contributed by atoms with Crippen LogP contribution in [0.3, 0.4) is 0 Å². The Balaban J connectivity index is 1.36. The maximum Gasteiger partial charge on any atom is 0.318 e. The fourth-order valence-corrected chi connectivity index (χ4v) is 6.98. The van der Waals surface area contributed by atoms with Gasteiger partial charge in [-0.05, 0) is 69.3 Å². The van der Waals surface area contributed by atoms with Gasteiger partial charge in [-0.1, -0.05) is 36.9 Å². The van der Waals surface area contributed by atoms with Crippen molar-refractivity contribution in [1.29, 1.82) is 5.26 Å². The van der Waals surface area contributed by atoms with Crippen LogP contribution in [-0.2, 0) is 17.8 Å². The van der Waals surface area contributed by atoms with Crippen molar-refractivity contribution in [3.05, 3.63) is 65.9 Å². The topological polar surface area (TPSA) is 88.8 Å². The van der Waals surface area contributed by atoms with Gasteiger partial charge in [-0.25, -0.2) is 0 Å². The van der Waals surface area contributed by atoms with Gasteiger partial charge >= 0.3 is 6.01 Å². The molecule has 2 atom stereocenters. The van der Waals surface area contributed by atoms with Crippen LogP contribution < -0.4 is 14.5 Å². The molecule has 2 saturated heterocycles. The molecule has 3 aliphatic heterocycles. The maximum atomic E-state index is 12.6. The van der Waals surface area contributed by atoms with Gasteiger partial charge in [0.05, 0.1) is 30.8 Å². The van der Waals surface area contributed by atoms with Crippen molar-refractivity contribution in [2.24, 2.45) is 0 Å². The summed E-state index contributed by atoms with van der Waals surface area (Å²) in [6.07, 6.45) is 5.70. The third kappa shape index (κ3) is 5.89. The molecule has 3 aliphatic rings. The van der Waals surface area contributed by atoms with Gasteiger partial charge < -0.3 is 24.3 Å². The summed E-state index contributed by atoms with van der Waals surface area (Å²) in [6.45, 7) is 10.7. The van der Waals surface area contributed by atoms with E-state index in [9.17, 15) is 10.1 Å². The van der Waals surface area contributed by atoms with Gasteiger partial charge in [0.2, 0.25) is 5.91 Å². The third-order valence-electron chi connectivity index (χ3n) is 9.32. The molecule has 6 rings (SSSR count). The van der Waals surface area contributed by atoms with Crippen molar-refractivity contribution in [2.45, 2.75) is 57.7 Å². The van der Waals surface area contributed by atoms with Gasteiger partial charge in [0.15, 0.2) is 0 Å². The van der Waals surface area contributed by atoms with Crippen molar-refractivity contribution >= 4 is 28.2 Å². The molecule has 43 heavy (non-hydrogen) atoms. The maximum absolute atomic E-state index is 12.6. The molecule has 4 heterocycles. The first-order valence-corrected chi connectivity index (χ1v) is 15.5. The van der Waals surface area contributed by atoms with Gasteiger partial charge in [-0.3, -0.25) is 4.79 Å². The molecule has 2 fully saturated rings. The normalized spacial score (nSPS) is 20.9. The lowest BCUT2D eigenvalue weighted by Crippen LogP contribution is -2.55. The molecule has 1 amide bonds. The number of hydrogen-bond donors (Lipinski definition) is 0. The average Bonchev–Trinajstić information content (AvgIpc) is 3.31. The Kier molecular flexibility index (Phi) is 8.48. The number of piperazine rings is 1. The SMILES string of the molecule is C=CC(=O)N1CCN(c2nc(OC[C@H]3CCCN3C)nc3c2CCCN(c2cccc4cccc(C)c24)C3)C[C@@H]1CC#N. The number of rotatable bonds is 7. The molecular formula is C34H41N7O2. The lowest BCUT2D eigenvalue weighted by molar-refractivity contribution is -0.128. The lowest BCUT2D eigenvalue weighted by Gasteiger charge is -2.41. The first-order chi connectivity index (χ1) is 21.0. The number of carbonyl (C=O) groups is 1. The number of likely N-dealkylation sites (N-methyl/N-ethyl adjacent to an activating group) is 1. The van der Waals surface area contributed by atoms with Crippen LogP contribution in [0.15, 0.2) is 49.1 Å². The molecule has 0 bridgehead atoms. The van der Waals surface area contributed by atoms with Crippen LogP contribution in [0.5, 0.6) is 6.01 Å². The number of nitriles is 1. The second-order valence-electron chi connectivity index (χ2n) is 12.0. The molecule has 0 spiro atoms. The smallest absolute Gasteiger partial charge is 0.318 e. The summed E-state index contributed by atoms with van der Waals surface area (Å²) >= 11 is 0. The minimum absolute atomic E-state index is 0.132. The summed E-state index contributed by atoms with van der Waals surface area (Å²) in [5.74, 6) is 0.747. The highest BCUT2D eigenvalue weighted by Crippen LogP contribution is 2.35. The zero-order chi connectivity index (χ0) is 29.9. The molecule has 0 N–H and O–H groups in total. The van der Waals surface area contributed by atoms with Gasteiger partial charge in [-0.2, -0.15) is 15.2 Å². The largest absolute Gasteiger partial charge is 0.462 e. The van der Waals surface area contributed by atoms with Gasteiger partial charge in [0.1, 0.15) is 12.4 Å². The predicted octanol–water partition coefficient (Wildman–Crippen LogP) is 4.48. The molecule has 0 unspecified atom stereocenters. The van der Waals surface area contributed by atoms with Crippen LogP contribution >= 0.6 is 0 Å². The number of nitrogens with zero attached hydrogens (tertiary/aromatic N) is 7. The number of fused-ring (bicyclic) bond motifs is 2. The summed E-state index contributed by atoms with van der Waals surface area (Å²) in [4.78, 5) is 31.5. The number of ether oxygens (including phenoxy) is 1. The third-order valence-corrected chi connectivity index (χ3v) is 9.32. The summed E-state index contributed by atoms with van der Waals surface area (Å²) in [6, 6.07) is 15.8. The van der Waals surface area contributed by atoms with E-state index in [1.807, 2.05) is 0 Å². The number of carbonyl (C=O) groups excluding carboxylic acids is 1. The van der Waals surface area contributed by atoms with E-state index in [2.05, 4.69) is 77.7 Å². The van der Waals surface area contributed by atoms with Crippen LogP contribution in [0.25, 0.3) is 10.8 Å². The molecule has 9 nitrogen and oxygen atoms in total. The minimum Gasteiger partial charge on any atom is -0.462 e. The molecule has 3 aromatic rings. The summed E-state index contributed by atoms with van der Waals surface area (Å²) in [7, 11) is 2.15. The summed E-state index contributed by atoms with van der Waals surface area (Å²) in [5, 5.41) is 12.1. The Morgan fingerprint density at radius 1 is 1.09 bits per heavy atom. The standard InChI is InChI=1S/C34H41N7O2/c1-4-31(42)41-20-19-40(21-26(41)15-16-35)33-28-13-8-18-39(30-14-6-11-25-10-5-9-24(2)32(25)30)22-29(28)36-34(37-33)43-23-27-12-7-17-38(27)3/h4-6,9-11,14,26-27H,1,7-8,12-13,15,17-23H2,2-3H3/t26-,27+/m0/s1. The average molecular weight is 580 g/mol. The lowest BCUT2D eigenvalue weighted by atomic mass is 10.0. The highest BCUT2D eigenvalue weighted by Gasteiger charge is 2.33. The van der Waals surface area contributed by atoms with Crippen molar-refractivity contribution in [2.75, 3.05) is 56.2 Å². The van der Waals surface area contributed by atoms with Crippen LogP contribution in [0, 0.1) is 18.3 Å². The zero-order valence-electron chi connectivity index (χ0n) is 25.3. The van der Waals surface area contributed by atoms with Crippen LogP contribution in [0.1, 0.15) is 42.5 Å². The molecule has 1 aromatic heterocycles. The van der Waals surface area contributed by atoms with Crippen molar-refractivity contribution in [1.82, 2.24) is 19.8 Å². The first kappa shape index (κ1) is 28.9. The number of aromatic nitrogens is 2. The summed E-state index contributed by atoms with van der Waals surface area (Å²) < 4.78 is 6.34. The molecule has 0 radical (unpaired) electrons. The molecule has 0 saturated carbocycles. The fraction of sp³-hybridized carbons (Fsp3) is 0.471. The molecule has 2 aromatic carbocycles. The molecular weight excluding hydrogens is 538 g/mol. The van der Waals surface area contributed by atoms with Crippen LogP contribution in [-0.4, -0.2) is 84.1 Å². The highest BCUT2D eigenvalue weighted by atomic mass is 16.5. The van der Waals surface area contributed by atoms with E-state index >= 15 is 0 Å². The van der Waals surface area contributed by atoms with E-state index in [4.69, 9.17) is 14.7 Å². The Morgan fingerprint density at radius 3 is 2.70 bits per heavy atom. The van der Waals surface area contributed by atoms with Crippen molar-refractivity contribution in [3.8, 4) is 12.1 Å². The zero-order valence-corrected chi connectivity index (χ0v) is 25.3. The minimum atomic E-state index is -0.229. The van der Waals surface area contributed by atoms with Gasteiger partial charge in [0, 0.05) is 48.9 Å². The Morgan fingerprint density at radius 2 is 1.93 bits per heavy atom. The molecule has 9 heteroatoms. The predicted molar refractivity (Wildman–Crippen MR) is 169 cm³/mol. The quantitative estimate of drug-likeness (QED) is 0.379. The number of amides is 1. The Hall–Kier alpha value is -4.16. The van der Waals surface area contributed by atoms with Crippen LogP contribution in [0.2, 0.25) is 0 Å². The fourth-order valence-electron chi connectivity index (χ4n) is 6.98. The first-order valence-electron chi connectivity index (χ1n) is 15.5. The number of aryl methyl sites for hydroxylation is 1. The van der Waals surface area contributed by atoms with E-state index < -0.39 is 0 Å². The molecule has 224 valence electrons. The van der Waals surface area contributed by atoms with Crippen molar-refractivity contribution in [3.63, 3.8) is 0 Å². The number of benzene rings is 2. The van der Waals surface area contributed by atoms with E-state index in [0.717, 1.165) is 49.4 Å². The number of likely N-dealkylation sites (tertiary alicyclic amines) is 1. The monoisotopic (exact) mass is 579 g/mol. The molecule has 0 aliphatic carbocycles. The van der Waals surface area contributed by atoms with E-state index in [-0.39, 0.29) is 18.4 Å². The number of anilines is 2. The number of hydrogen-bond acceptors (Lipinski definition) is 8. The highest BCUT2D eigenvalue weighted by molar-refractivity contribution is 5.97. The van der Waals surface area contributed by atoms with Crippen LogP contribution in [0.4, 0.5) is 11.5 Å². The summed E-state index contributed by atoms with van der Waals surface area (Å²) in [5.41, 5.74) is 4.62. The second kappa shape index (κ2) is 12.6. The van der Waals surface area contributed by atoms with E-state index in [1.165, 1.54) is 34.5 Å². The Bertz CT molecular complexity index is 1540. The van der Waals surface area contributed by atoms with Gasteiger partial charge in [-0.15, -0.1) is 0 Å².